The van der Waals surface area contributed by atoms with E-state index in [2.05, 4.69) is 4.98 Å². The lowest BCUT2D eigenvalue weighted by Crippen LogP contribution is -2.10. The molecule has 2 aromatic rings. The number of carbonyl (C=O) groups excluding carboxylic acids is 1. The molecule has 0 unspecified atom stereocenters. The van der Waals surface area contributed by atoms with Gasteiger partial charge in [-0.1, -0.05) is 17.7 Å². The molecular formula is C14H12ClFN2O. The van der Waals surface area contributed by atoms with Gasteiger partial charge in [0, 0.05) is 29.6 Å². The molecule has 0 radical (unpaired) electrons. The second kappa shape index (κ2) is 5.47. The lowest BCUT2D eigenvalue weighted by Gasteiger charge is -2.08. The van der Waals surface area contributed by atoms with E-state index in [1.807, 2.05) is 0 Å². The molecule has 0 aliphatic heterocycles. The highest BCUT2D eigenvalue weighted by Gasteiger charge is 2.20. The molecular weight excluding hydrogens is 267 g/mol. The van der Waals surface area contributed by atoms with E-state index in [1.54, 1.807) is 19.1 Å². The molecule has 0 amide bonds. The second-order valence-corrected chi connectivity index (χ2v) is 4.52. The van der Waals surface area contributed by atoms with Gasteiger partial charge in [-0.15, -0.1) is 0 Å². The Morgan fingerprint density at radius 3 is 2.68 bits per heavy atom. The lowest BCUT2D eigenvalue weighted by molar-refractivity contribution is 0.103. The summed E-state index contributed by atoms with van der Waals surface area (Å²) in [6, 6.07) is 6.23. The van der Waals surface area contributed by atoms with E-state index < -0.39 is 11.6 Å². The van der Waals surface area contributed by atoms with Crippen LogP contribution in [0.3, 0.4) is 0 Å². The lowest BCUT2D eigenvalue weighted by atomic mass is 10.0. The van der Waals surface area contributed by atoms with Crippen LogP contribution in [-0.4, -0.2) is 10.8 Å². The normalized spacial score (nSPS) is 10.5. The van der Waals surface area contributed by atoms with Crippen LogP contribution >= 0.6 is 11.6 Å². The number of pyridine rings is 1. The Kier molecular flexibility index (Phi) is 3.93. The fraction of sp³-hybridized carbons (Fsp3) is 0.143. The third-order valence-electron chi connectivity index (χ3n) is 2.79. The van der Waals surface area contributed by atoms with Gasteiger partial charge in [-0.25, -0.2) is 4.39 Å². The van der Waals surface area contributed by atoms with Crippen LogP contribution in [0.2, 0.25) is 5.02 Å². The topological polar surface area (TPSA) is 56.0 Å². The molecule has 0 bridgehead atoms. The maximum Gasteiger partial charge on any atom is 0.199 e. The average Bonchev–Trinajstić information content (AvgIpc) is 2.39. The van der Waals surface area contributed by atoms with Gasteiger partial charge < -0.3 is 5.73 Å². The first-order valence-corrected chi connectivity index (χ1v) is 6.06. The summed E-state index contributed by atoms with van der Waals surface area (Å²) < 4.78 is 14.1. The van der Waals surface area contributed by atoms with Gasteiger partial charge in [-0.05, 0) is 25.1 Å². The average molecular weight is 279 g/mol. The van der Waals surface area contributed by atoms with Crippen LogP contribution in [0, 0.1) is 12.7 Å². The number of aromatic nitrogens is 1. The maximum absolute atomic E-state index is 14.1. The monoisotopic (exact) mass is 278 g/mol. The van der Waals surface area contributed by atoms with E-state index >= 15 is 0 Å². The van der Waals surface area contributed by atoms with Crippen molar-refractivity contribution < 1.29 is 9.18 Å². The van der Waals surface area contributed by atoms with Crippen molar-refractivity contribution >= 4 is 17.4 Å². The van der Waals surface area contributed by atoms with Crippen LogP contribution < -0.4 is 5.73 Å². The predicted molar refractivity (Wildman–Crippen MR) is 71.7 cm³/mol. The van der Waals surface area contributed by atoms with Crippen molar-refractivity contribution in [2.45, 2.75) is 13.5 Å². The number of nitrogens with two attached hydrogens (primary N) is 1. The molecule has 2 rings (SSSR count). The quantitative estimate of drug-likeness (QED) is 0.879. The van der Waals surface area contributed by atoms with E-state index in [1.165, 1.54) is 18.3 Å². The molecule has 2 N–H and O–H groups in total. The SMILES string of the molecule is Cc1ccc(C(=O)c2c(Cl)ccc(CN)c2F)cn1. The molecule has 0 saturated carbocycles. The van der Waals surface area contributed by atoms with Crippen molar-refractivity contribution in [2.75, 3.05) is 0 Å². The van der Waals surface area contributed by atoms with E-state index in [9.17, 15) is 9.18 Å². The van der Waals surface area contributed by atoms with Gasteiger partial charge in [0.25, 0.3) is 0 Å². The molecule has 98 valence electrons. The molecule has 1 heterocycles. The number of aryl methyl sites for hydroxylation is 1. The number of benzene rings is 1. The van der Waals surface area contributed by atoms with Crippen LogP contribution in [0.4, 0.5) is 4.39 Å². The number of halogens is 2. The summed E-state index contributed by atoms with van der Waals surface area (Å²) in [5.74, 6) is -1.16. The molecule has 0 saturated heterocycles. The zero-order chi connectivity index (χ0) is 14.0. The largest absolute Gasteiger partial charge is 0.326 e. The minimum Gasteiger partial charge on any atom is -0.326 e. The molecule has 19 heavy (non-hydrogen) atoms. The maximum atomic E-state index is 14.1. The van der Waals surface area contributed by atoms with Crippen molar-refractivity contribution in [3.05, 3.63) is 63.7 Å². The number of carbonyl (C=O) groups is 1. The summed E-state index contributed by atoms with van der Waals surface area (Å²) in [6.07, 6.45) is 1.41. The molecule has 1 aromatic heterocycles. The van der Waals surface area contributed by atoms with Crippen molar-refractivity contribution in [1.29, 1.82) is 0 Å². The standard InChI is InChI=1S/C14H12ClFN2O/c1-8-2-3-10(7-18-8)14(19)12-11(15)5-4-9(6-17)13(12)16/h2-5,7H,6,17H2,1H3. The Morgan fingerprint density at radius 1 is 1.37 bits per heavy atom. The van der Waals surface area contributed by atoms with Crippen LogP contribution in [-0.2, 0) is 6.54 Å². The highest BCUT2D eigenvalue weighted by Crippen LogP contribution is 2.25. The highest BCUT2D eigenvalue weighted by molar-refractivity contribution is 6.35. The number of hydrogen-bond acceptors (Lipinski definition) is 3. The summed E-state index contributed by atoms with van der Waals surface area (Å²) in [6.45, 7) is 1.81. The number of hydrogen-bond donors (Lipinski definition) is 1. The Hall–Kier alpha value is -1.78. The number of nitrogens with zero attached hydrogens (tertiary/aromatic N) is 1. The summed E-state index contributed by atoms with van der Waals surface area (Å²) >= 11 is 5.91. The van der Waals surface area contributed by atoms with Crippen molar-refractivity contribution in [3.63, 3.8) is 0 Å². The van der Waals surface area contributed by atoms with Gasteiger partial charge in [0.15, 0.2) is 5.78 Å². The summed E-state index contributed by atoms with van der Waals surface area (Å²) in [5, 5.41) is 0.0697. The molecule has 1 aromatic carbocycles. The van der Waals surface area contributed by atoms with Gasteiger partial charge in [-0.2, -0.15) is 0 Å². The second-order valence-electron chi connectivity index (χ2n) is 4.12. The first-order valence-electron chi connectivity index (χ1n) is 5.69. The van der Waals surface area contributed by atoms with E-state index in [0.29, 0.717) is 5.56 Å². The predicted octanol–water partition coefficient (Wildman–Crippen LogP) is 2.87. The van der Waals surface area contributed by atoms with E-state index in [0.717, 1.165) is 5.69 Å². The van der Waals surface area contributed by atoms with Crippen LogP contribution in [0.15, 0.2) is 30.5 Å². The van der Waals surface area contributed by atoms with Crippen LogP contribution in [0.25, 0.3) is 0 Å². The minimum atomic E-state index is -0.666. The minimum absolute atomic E-state index is 0.00936. The molecule has 0 aliphatic carbocycles. The smallest absolute Gasteiger partial charge is 0.199 e. The molecule has 5 heteroatoms. The Balaban J connectivity index is 2.52. The van der Waals surface area contributed by atoms with Crippen LogP contribution in [0.5, 0.6) is 0 Å². The first kappa shape index (κ1) is 13.6. The van der Waals surface area contributed by atoms with Gasteiger partial charge in [0.2, 0.25) is 0 Å². The fourth-order valence-corrected chi connectivity index (χ4v) is 1.94. The Bertz CT molecular complexity index is 626. The number of rotatable bonds is 3. The summed E-state index contributed by atoms with van der Waals surface area (Å²) in [4.78, 5) is 16.3. The molecule has 3 nitrogen and oxygen atoms in total. The summed E-state index contributed by atoms with van der Waals surface area (Å²) in [5.41, 5.74) is 6.59. The van der Waals surface area contributed by atoms with Crippen LogP contribution in [0.1, 0.15) is 27.2 Å². The molecule has 0 spiro atoms. The third-order valence-corrected chi connectivity index (χ3v) is 3.11. The highest BCUT2D eigenvalue weighted by atomic mass is 35.5. The zero-order valence-corrected chi connectivity index (χ0v) is 11.0. The number of ketones is 1. The van der Waals surface area contributed by atoms with Gasteiger partial charge >= 0.3 is 0 Å². The van der Waals surface area contributed by atoms with E-state index in [-0.39, 0.29) is 22.7 Å². The van der Waals surface area contributed by atoms with Gasteiger partial charge in [-0.3, -0.25) is 9.78 Å². The summed E-state index contributed by atoms with van der Waals surface area (Å²) in [7, 11) is 0. The fourth-order valence-electron chi connectivity index (χ4n) is 1.71. The van der Waals surface area contributed by atoms with Crippen molar-refractivity contribution in [1.82, 2.24) is 4.98 Å². The first-order chi connectivity index (χ1) is 9.04. The molecule has 0 atom stereocenters. The van der Waals surface area contributed by atoms with Gasteiger partial charge in [0.1, 0.15) is 5.82 Å². The molecule has 0 fully saturated rings. The van der Waals surface area contributed by atoms with Crippen molar-refractivity contribution in [2.24, 2.45) is 5.73 Å². The van der Waals surface area contributed by atoms with Gasteiger partial charge in [0.05, 0.1) is 10.6 Å². The Labute approximate surface area is 115 Å². The Morgan fingerprint density at radius 2 is 2.11 bits per heavy atom. The molecule has 0 aliphatic rings. The van der Waals surface area contributed by atoms with E-state index in [4.69, 9.17) is 17.3 Å². The zero-order valence-electron chi connectivity index (χ0n) is 10.3. The van der Waals surface area contributed by atoms with Crippen molar-refractivity contribution in [3.8, 4) is 0 Å². The third kappa shape index (κ3) is 2.64.